The van der Waals surface area contributed by atoms with Crippen LogP contribution in [0, 0.1) is 0 Å². The zero-order valence-corrected chi connectivity index (χ0v) is 12.6. The molecule has 8 heteroatoms. The molecule has 23 heavy (non-hydrogen) atoms. The summed E-state index contributed by atoms with van der Waals surface area (Å²) in [5, 5.41) is 9.87. The molecule has 0 aliphatic heterocycles. The number of hydrogen-bond acceptors (Lipinski definition) is 4. The SMILES string of the molecule is CN(CC(O)COc1ccccc1C(F)(F)F)C(=O)C1(N)CC1. The number of hydrogen-bond donors (Lipinski definition) is 2. The molecule has 0 heterocycles. The molecule has 1 unspecified atom stereocenters. The maximum absolute atomic E-state index is 12.8. The fourth-order valence-corrected chi connectivity index (χ4v) is 2.19. The Morgan fingerprint density at radius 3 is 2.61 bits per heavy atom. The number of likely N-dealkylation sites (N-methyl/N-ethyl adjacent to an activating group) is 1. The summed E-state index contributed by atoms with van der Waals surface area (Å²) < 4.78 is 43.5. The van der Waals surface area contributed by atoms with Crippen LogP contribution in [0.15, 0.2) is 24.3 Å². The fraction of sp³-hybridized carbons (Fsp3) is 0.533. The number of benzene rings is 1. The van der Waals surface area contributed by atoms with Gasteiger partial charge >= 0.3 is 6.18 Å². The number of ether oxygens (including phenoxy) is 1. The van der Waals surface area contributed by atoms with E-state index >= 15 is 0 Å². The van der Waals surface area contributed by atoms with E-state index in [1.54, 1.807) is 0 Å². The average molecular weight is 332 g/mol. The van der Waals surface area contributed by atoms with Gasteiger partial charge in [0.1, 0.15) is 18.5 Å². The second-order valence-electron chi connectivity index (χ2n) is 5.80. The van der Waals surface area contributed by atoms with Crippen molar-refractivity contribution in [2.24, 2.45) is 5.73 Å². The summed E-state index contributed by atoms with van der Waals surface area (Å²) in [6.45, 7) is -0.422. The Morgan fingerprint density at radius 2 is 2.04 bits per heavy atom. The first-order chi connectivity index (χ1) is 10.6. The molecule has 0 aromatic heterocycles. The minimum atomic E-state index is -4.54. The van der Waals surface area contributed by atoms with Gasteiger partial charge in [0, 0.05) is 13.6 Å². The van der Waals surface area contributed by atoms with E-state index in [1.165, 1.54) is 30.1 Å². The van der Waals surface area contributed by atoms with Gasteiger partial charge in [0.15, 0.2) is 0 Å². The monoisotopic (exact) mass is 332 g/mol. The maximum Gasteiger partial charge on any atom is 0.419 e. The number of nitrogens with two attached hydrogens (primary N) is 1. The Bertz CT molecular complexity index is 573. The molecule has 2 rings (SSSR count). The quantitative estimate of drug-likeness (QED) is 0.826. The lowest BCUT2D eigenvalue weighted by Gasteiger charge is -2.24. The Morgan fingerprint density at radius 1 is 1.43 bits per heavy atom. The summed E-state index contributed by atoms with van der Waals surface area (Å²) in [7, 11) is 1.49. The topological polar surface area (TPSA) is 75.8 Å². The van der Waals surface area contributed by atoms with Crippen LogP contribution < -0.4 is 10.5 Å². The third-order valence-corrected chi connectivity index (χ3v) is 3.67. The van der Waals surface area contributed by atoms with Crippen molar-refractivity contribution >= 4 is 5.91 Å². The summed E-state index contributed by atoms with van der Waals surface area (Å²) in [5.41, 5.74) is 4.01. The maximum atomic E-state index is 12.8. The number of aliphatic hydroxyl groups excluding tert-OH is 1. The van der Waals surface area contributed by atoms with Crippen LogP contribution in [-0.2, 0) is 11.0 Å². The first kappa shape index (κ1) is 17.6. The summed E-state index contributed by atoms with van der Waals surface area (Å²) in [4.78, 5) is 13.2. The van der Waals surface area contributed by atoms with Gasteiger partial charge in [-0.15, -0.1) is 0 Å². The van der Waals surface area contributed by atoms with Crippen molar-refractivity contribution < 1.29 is 27.8 Å². The van der Waals surface area contributed by atoms with Crippen molar-refractivity contribution in [3.05, 3.63) is 29.8 Å². The van der Waals surface area contributed by atoms with Crippen molar-refractivity contribution in [2.45, 2.75) is 30.7 Å². The fourth-order valence-electron chi connectivity index (χ4n) is 2.19. The number of halogens is 3. The average Bonchev–Trinajstić information content (AvgIpc) is 3.22. The van der Waals surface area contributed by atoms with Crippen LogP contribution in [0.2, 0.25) is 0 Å². The van der Waals surface area contributed by atoms with E-state index < -0.39 is 23.4 Å². The van der Waals surface area contributed by atoms with Crippen LogP contribution in [0.1, 0.15) is 18.4 Å². The van der Waals surface area contributed by atoms with E-state index in [4.69, 9.17) is 10.5 Å². The van der Waals surface area contributed by atoms with Crippen molar-refractivity contribution in [3.8, 4) is 5.75 Å². The number of amides is 1. The summed E-state index contributed by atoms with van der Waals surface area (Å²) in [5.74, 6) is -0.641. The third kappa shape index (κ3) is 4.35. The van der Waals surface area contributed by atoms with E-state index in [9.17, 15) is 23.1 Å². The van der Waals surface area contributed by atoms with Gasteiger partial charge in [-0.2, -0.15) is 13.2 Å². The number of carbonyl (C=O) groups is 1. The molecule has 1 atom stereocenters. The lowest BCUT2D eigenvalue weighted by Crippen LogP contribution is -2.47. The number of nitrogens with zero attached hydrogens (tertiary/aromatic N) is 1. The molecule has 1 amide bonds. The summed E-state index contributed by atoms with van der Waals surface area (Å²) >= 11 is 0. The van der Waals surface area contributed by atoms with Gasteiger partial charge in [0.05, 0.1) is 11.1 Å². The number of aliphatic hydroxyl groups is 1. The normalized spacial score (nSPS) is 17.5. The molecular formula is C15H19F3N2O3. The summed E-state index contributed by atoms with van der Waals surface area (Å²) in [6, 6.07) is 4.76. The van der Waals surface area contributed by atoms with Crippen molar-refractivity contribution in [2.75, 3.05) is 20.2 Å². The van der Waals surface area contributed by atoms with Crippen LogP contribution in [0.4, 0.5) is 13.2 Å². The summed E-state index contributed by atoms with van der Waals surface area (Å²) in [6.07, 6.45) is -4.46. The van der Waals surface area contributed by atoms with Gasteiger partial charge in [0.2, 0.25) is 5.91 Å². The molecule has 1 saturated carbocycles. The molecular weight excluding hydrogens is 313 g/mol. The number of alkyl halides is 3. The van der Waals surface area contributed by atoms with Crippen molar-refractivity contribution in [3.63, 3.8) is 0 Å². The molecule has 128 valence electrons. The number of carbonyl (C=O) groups excluding carboxylic acids is 1. The molecule has 0 radical (unpaired) electrons. The largest absolute Gasteiger partial charge is 0.490 e. The highest BCUT2D eigenvalue weighted by atomic mass is 19.4. The molecule has 3 N–H and O–H groups in total. The van der Waals surface area contributed by atoms with Crippen LogP contribution in [0.3, 0.4) is 0 Å². The molecule has 5 nitrogen and oxygen atoms in total. The minimum absolute atomic E-state index is 0.0635. The van der Waals surface area contributed by atoms with Gasteiger partial charge in [-0.1, -0.05) is 12.1 Å². The third-order valence-electron chi connectivity index (χ3n) is 3.67. The van der Waals surface area contributed by atoms with Crippen molar-refractivity contribution in [1.82, 2.24) is 4.90 Å². The second kappa shape index (κ2) is 6.37. The Labute approximate surface area is 131 Å². The Balaban J connectivity index is 1.90. The first-order valence-corrected chi connectivity index (χ1v) is 7.15. The molecule has 1 aliphatic carbocycles. The van der Waals surface area contributed by atoms with Gasteiger partial charge in [-0.25, -0.2) is 0 Å². The highest BCUT2D eigenvalue weighted by Gasteiger charge is 2.47. The van der Waals surface area contributed by atoms with Crippen LogP contribution in [0.5, 0.6) is 5.75 Å². The molecule has 1 aromatic rings. The second-order valence-corrected chi connectivity index (χ2v) is 5.80. The zero-order valence-electron chi connectivity index (χ0n) is 12.6. The Hall–Kier alpha value is -1.80. The van der Waals surface area contributed by atoms with Crippen molar-refractivity contribution in [1.29, 1.82) is 0 Å². The number of para-hydroxylation sites is 1. The molecule has 1 fully saturated rings. The molecule has 0 saturated heterocycles. The predicted molar refractivity (Wildman–Crippen MR) is 76.7 cm³/mol. The highest BCUT2D eigenvalue weighted by Crippen LogP contribution is 2.36. The highest BCUT2D eigenvalue weighted by molar-refractivity contribution is 5.88. The van der Waals surface area contributed by atoms with E-state index in [0.29, 0.717) is 12.8 Å². The van der Waals surface area contributed by atoms with Crippen LogP contribution >= 0.6 is 0 Å². The lowest BCUT2D eigenvalue weighted by atomic mass is 10.2. The van der Waals surface area contributed by atoms with Gasteiger partial charge < -0.3 is 20.5 Å². The van der Waals surface area contributed by atoms with Crippen LogP contribution in [0.25, 0.3) is 0 Å². The molecule has 1 aliphatic rings. The molecule has 0 spiro atoms. The van der Waals surface area contributed by atoms with E-state index in [-0.39, 0.29) is 24.8 Å². The molecule has 0 bridgehead atoms. The smallest absolute Gasteiger partial charge is 0.419 e. The van der Waals surface area contributed by atoms with Crippen LogP contribution in [-0.4, -0.2) is 47.8 Å². The predicted octanol–water partition coefficient (Wildman–Crippen LogP) is 1.39. The number of rotatable bonds is 6. The van der Waals surface area contributed by atoms with Gasteiger partial charge in [-0.3, -0.25) is 4.79 Å². The zero-order chi connectivity index (χ0) is 17.3. The minimum Gasteiger partial charge on any atom is -0.490 e. The standard InChI is InChI=1S/C15H19F3N2O3/c1-20(13(22)14(19)6-7-14)8-10(21)9-23-12-5-3-2-4-11(12)15(16,17)18/h2-5,10,21H,6-9,19H2,1H3. The van der Waals surface area contributed by atoms with Gasteiger partial charge in [-0.05, 0) is 25.0 Å². The van der Waals surface area contributed by atoms with E-state index in [0.717, 1.165) is 6.07 Å². The van der Waals surface area contributed by atoms with Gasteiger partial charge in [0.25, 0.3) is 0 Å². The molecule has 1 aromatic carbocycles. The Kier molecular flexibility index (Phi) is 4.86. The lowest BCUT2D eigenvalue weighted by molar-refractivity contribution is -0.139. The van der Waals surface area contributed by atoms with E-state index in [2.05, 4.69) is 0 Å². The first-order valence-electron chi connectivity index (χ1n) is 7.15. The van der Waals surface area contributed by atoms with E-state index in [1.807, 2.05) is 0 Å².